The molecule has 0 N–H and O–H groups in total. The number of rotatable bonds is 3. The molecule has 0 radical (unpaired) electrons. The van der Waals surface area contributed by atoms with E-state index in [4.69, 9.17) is 16.0 Å². The van der Waals surface area contributed by atoms with E-state index in [-0.39, 0.29) is 0 Å². The average Bonchev–Trinajstić information content (AvgIpc) is 1.61. The van der Waals surface area contributed by atoms with Crippen molar-refractivity contribution in [1.82, 2.24) is 0 Å². The van der Waals surface area contributed by atoms with Gasteiger partial charge in [-0.1, -0.05) is 0 Å². The van der Waals surface area contributed by atoms with Crippen LogP contribution in [-0.2, 0) is 16.0 Å². The zero-order valence-electron chi connectivity index (χ0n) is 4.13. The maximum atomic E-state index is 4.84. The van der Waals surface area contributed by atoms with E-state index in [1.807, 2.05) is 0 Å². The fourth-order valence-corrected chi connectivity index (χ4v) is 0.561. The normalized spacial score (nSPS) is 9.17. The predicted molar refractivity (Wildman–Crippen MR) is 24.3 cm³/mol. The molecule has 1 heteroatoms. The summed E-state index contributed by atoms with van der Waals surface area (Å²) in [6.07, 6.45) is 3.81. The zero-order valence-corrected chi connectivity index (χ0v) is 5.07. The van der Waals surface area contributed by atoms with Gasteiger partial charge in [-0.05, 0) is 0 Å². The van der Waals surface area contributed by atoms with Crippen LogP contribution in [0.2, 0.25) is 5.32 Å². The molecule has 0 aromatic carbocycles. The van der Waals surface area contributed by atoms with E-state index in [9.17, 15) is 0 Å². The molecular formula is C5H11Cu. The molecule has 0 saturated carbocycles. The first kappa shape index (κ1) is 6.52. The van der Waals surface area contributed by atoms with Crippen molar-refractivity contribution in [2.45, 2.75) is 31.5 Å². The van der Waals surface area contributed by atoms with Crippen molar-refractivity contribution in [3.63, 3.8) is 0 Å². The van der Waals surface area contributed by atoms with Crippen LogP contribution in [0.25, 0.3) is 0 Å². The van der Waals surface area contributed by atoms with Gasteiger partial charge in [-0.2, -0.15) is 0 Å². The average molecular weight is 135 g/mol. The molecule has 0 heterocycles. The molecule has 0 aromatic rings. The van der Waals surface area contributed by atoms with Gasteiger partial charge in [0.25, 0.3) is 0 Å². The molecule has 6 heavy (non-hydrogen) atoms. The molecule has 42 valence electrons. The van der Waals surface area contributed by atoms with Crippen LogP contribution in [0.4, 0.5) is 0 Å². The molecule has 0 nitrogen and oxygen atoms in total. The molecule has 0 rings (SSSR count). The third kappa shape index (κ3) is 4.52. The fraction of sp³-hybridized carbons (Fsp3) is 1.00. The molecule has 0 spiro atoms. The van der Waals surface area contributed by atoms with E-state index >= 15 is 0 Å². The van der Waals surface area contributed by atoms with E-state index in [0.29, 0.717) is 0 Å². The first-order valence-electron chi connectivity index (χ1n) is 2.42. The SMILES string of the molecule is CCCC[CH2][Cu]. The monoisotopic (exact) mass is 134 g/mol. The Hall–Kier alpha value is 0.519. The molecule has 0 aliphatic carbocycles. The molecule has 0 fully saturated rings. The second-order valence-corrected chi connectivity index (χ2v) is 1.83. The summed E-state index contributed by atoms with van der Waals surface area (Å²) in [6, 6.07) is 0. The quantitative estimate of drug-likeness (QED) is 0.410. The van der Waals surface area contributed by atoms with Gasteiger partial charge in [-0.3, -0.25) is 0 Å². The van der Waals surface area contributed by atoms with Crippen molar-refractivity contribution >= 4 is 0 Å². The molecule has 0 saturated heterocycles. The molecule has 0 bridgehead atoms. The van der Waals surface area contributed by atoms with E-state index in [1.165, 1.54) is 19.3 Å². The summed E-state index contributed by atoms with van der Waals surface area (Å²) in [5, 5.41) is 0.918. The van der Waals surface area contributed by atoms with Gasteiger partial charge in [0.05, 0.1) is 0 Å². The fourth-order valence-electron chi connectivity index (χ4n) is 0.325. The summed E-state index contributed by atoms with van der Waals surface area (Å²) in [5.41, 5.74) is 0. The van der Waals surface area contributed by atoms with Crippen LogP contribution in [-0.4, -0.2) is 0 Å². The molecule has 0 atom stereocenters. The number of unbranched alkanes of at least 4 members (excludes halogenated alkanes) is 2. The van der Waals surface area contributed by atoms with Crippen LogP contribution in [0.1, 0.15) is 26.2 Å². The van der Waals surface area contributed by atoms with Gasteiger partial charge in [-0.15, -0.1) is 0 Å². The Morgan fingerprint density at radius 3 is 2.17 bits per heavy atom. The van der Waals surface area contributed by atoms with Gasteiger partial charge in [0.2, 0.25) is 0 Å². The predicted octanol–water partition coefficient (Wildman–Crippen LogP) is 2.14. The molecule has 0 aromatic heterocycles. The minimum atomic E-state index is 0.918. The van der Waals surface area contributed by atoms with Crippen molar-refractivity contribution in [3.05, 3.63) is 0 Å². The summed E-state index contributed by atoms with van der Waals surface area (Å²) in [5.74, 6) is 0. The number of hydrogen-bond acceptors (Lipinski definition) is 0. The van der Waals surface area contributed by atoms with Crippen LogP contribution >= 0.6 is 0 Å². The second-order valence-electron chi connectivity index (χ2n) is 1.36. The summed E-state index contributed by atoms with van der Waals surface area (Å²) >= 11 is 4.84. The van der Waals surface area contributed by atoms with Crippen molar-refractivity contribution in [3.8, 4) is 0 Å². The molecule has 0 aliphatic rings. The summed E-state index contributed by atoms with van der Waals surface area (Å²) in [6.45, 7) is 2.18. The van der Waals surface area contributed by atoms with Crippen LogP contribution in [0.5, 0.6) is 0 Å². The Morgan fingerprint density at radius 2 is 2.00 bits per heavy atom. The van der Waals surface area contributed by atoms with E-state index in [2.05, 4.69) is 6.92 Å². The Morgan fingerprint density at radius 1 is 1.33 bits per heavy atom. The maximum absolute atomic E-state index is 4.84. The van der Waals surface area contributed by atoms with Gasteiger partial charge in [-0.25, -0.2) is 0 Å². The zero-order chi connectivity index (χ0) is 4.83. The Kier molecular flexibility index (Phi) is 6.00. The standard InChI is InChI=1S/C5H11.Cu/c1-3-5-4-2;/h1,3-5H2,2H3;. The van der Waals surface area contributed by atoms with Gasteiger partial charge >= 0.3 is 47.5 Å². The van der Waals surface area contributed by atoms with E-state index < -0.39 is 0 Å². The van der Waals surface area contributed by atoms with Crippen molar-refractivity contribution in [2.75, 3.05) is 0 Å². The summed E-state index contributed by atoms with van der Waals surface area (Å²) in [7, 11) is 0. The Bertz CT molecular complexity index is 15.9. The van der Waals surface area contributed by atoms with Gasteiger partial charge in [0, 0.05) is 0 Å². The van der Waals surface area contributed by atoms with Crippen molar-refractivity contribution in [1.29, 1.82) is 0 Å². The van der Waals surface area contributed by atoms with E-state index in [0.717, 1.165) is 5.32 Å². The van der Waals surface area contributed by atoms with Crippen LogP contribution in [0.3, 0.4) is 0 Å². The third-order valence-corrected chi connectivity index (χ3v) is 1.04. The van der Waals surface area contributed by atoms with Crippen LogP contribution in [0, 0.1) is 0 Å². The molecule has 0 aliphatic heterocycles. The van der Waals surface area contributed by atoms with Crippen LogP contribution < -0.4 is 0 Å². The van der Waals surface area contributed by atoms with Gasteiger partial charge < -0.3 is 0 Å². The summed E-state index contributed by atoms with van der Waals surface area (Å²) < 4.78 is 0. The summed E-state index contributed by atoms with van der Waals surface area (Å²) in [4.78, 5) is 0. The molecule has 0 unspecified atom stereocenters. The van der Waals surface area contributed by atoms with Crippen LogP contribution in [0.15, 0.2) is 0 Å². The third-order valence-electron chi connectivity index (χ3n) is 0.710. The minimum absolute atomic E-state index is 0.918. The molecule has 0 amide bonds. The number of hydrogen-bond donors (Lipinski definition) is 0. The van der Waals surface area contributed by atoms with Crippen molar-refractivity contribution in [2.24, 2.45) is 0 Å². The van der Waals surface area contributed by atoms with Crippen molar-refractivity contribution < 1.29 is 16.0 Å². The van der Waals surface area contributed by atoms with Gasteiger partial charge in [0.15, 0.2) is 0 Å². The molecular weight excluding hydrogens is 124 g/mol. The Labute approximate surface area is 48.1 Å². The van der Waals surface area contributed by atoms with E-state index in [1.54, 1.807) is 0 Å². The van der Waals surface area contributed by atoms with Gasteiger partial charge in [0.1, 0.15) is 0 Å². The Balaban J connectivity index is 2.34. The topological polar surface area (TPSA) is 0 Å². The first-order chi connectivity index (χ1) is 2.91. The second kappa shape index (κ2) is 5.52. The first-order valence-corrected chi connectivity index (χ1v) is 3.09.